The summed E-state index contributed by atoms with van der Waals surface area (Å²) < 4.78 is 15.6. The summed E-state index contributed by atoms with van der Waals surface area (Å²) in [5, 5.41) is 1.26. The Kier molecular flexibility index (Phi) is 5.66. The number of fused-ring (bicyclic) bond motifs is 4. The van der Waals surface area contributed by atoms with Gasteiger partial charge in [-0.3, -0.25) is 0 Å². The number of aromatic amines is 1. The molecule has 0 unspecified atom stereocenters. The third kappa shape index (κ3) is 4.25. The maximum Gasteiger partial charge on any atom is 0.410 e. The monoisotopic (exact) mass is 428 g/mol. The molecule has 3 aromatic carbocycles. The molecule has 1 aromatic heterocycles. The van der Waals surface area contributed by atoms with Gasteiger partial charge in [0.25, 0.3) is 0 Å². The van der Waals surface area contributed by atoms with Crippen molar-refractivity contribution in [2.24, 2.45) is 0 Å². The molecule has 6 rings (SSSR count). The standard InChI is InChI=1S/C19H18N2O2.C7H6O2/c22-19(23-13-14-6-2-1-3-7-14)21-11-10-16-15-8-4-5-9-17(15)20-18(16)12-21;1-2-4-7-6(3-1)8-5-9-7/h1-9,20H,10-13H2;1-4H,5H2. The van der Waals surface area contributed by atoms with Gasteiger partial charge >= 0.3 is 6.09 Å². The lowest BCUT2D eigenvalue weighted by molar-refractivity contribution is 0.0915. The van der Waals surface area contributed by atoms with Gasteiger partial charge in [-0.25, -0.2) is 4.79 Å². The Bertz CT molecular complexity index is 1200. The zero-order valence-electron chi connectivity index (χ0n) is 17.6. The predicted molar refractivity (Wildman–Crippen MR) is 122 cm³/mol. The number of amides is 1. The van der Waals surface area contributed by atoms with Gasteiger partial charge in [0, 0.05) is 23.1 Å². The molecule has 4 aromatic rings. The molecule has 6 heteroatoms. The van der Waals surface area contributed by atoms with Crippen molar-refractivity contribution < 1.29 is 19.0 Å². The second-order valence-electron chi connectivity index (χ2n) is 7.69. The highest BCUT2D eigenvalue weighted by atomic mass is 16.7. The minimum Gasteiger partial charge on any atom is -0.454 e. The first-order valence-corrected chi connectivity index (χ1v) is 10.7. The Morgan fingerprint density at radius 2 is 1.59 bits per heavy atom. The predicted octanol–water partition coefficient (Wildman–Crippen LogP) is 5.28. The number of H-pyrrole nitrogens is 1. The van der Waals surface area contributed by atoms with Crippen LogP contribution in [-0.2, 0) is 24.3 Å². The Balaban J connectivity index is 0.000000199. The Labute approximate surface area is 186 Å². The van der Waals surface area contributed by atoms with E-state index in [1.807, 2.05) is 60.7 Å². The summed E-state index contributed by atoms with van der Waals surface area (Å²) in [5.74, 6) is 1.69. The van der Waals surface area contributed by atoms with Crippen molar-refractivity contribution in [3.63, 3.8) is 0 Å². The van der Waals surface area contributed by atoms with E-state index in [-0.39, 0.29) is 6.09 Å². The first kappa shape index (κ1) is 20.0. The van der Waals surface area contributed by atoms with E-state index in [4.69, 9.17) is 14.2 Å². The van der Waals surface area contributed by atoms with Crippen LogP contribution in [0.25, 0.3) is 10.9 Å². The van der Waals surface area contributed by atoms with Crippen LogP contribution in [0.2, 0.25) is 0 Å². The molecule has 0 radical (unpaired) electrons. The number of aromatic nitrogens is 1. The molecule has 2 aliphatic rings. The maximum absolute atomic E-state index is 12.3. The topological polar surface area (TPSA) is 63.8 Å². The summed E-state index contributed by atoms with van der Waals surface area (Å²) in [6.45, 7) is 1.95. The fraction of sp³-hybridized carbons (Fsp3) is 0.192. The van der Waals surface area contributed by atoms with E-state index >= 15 is 0 Å². The third-order valence-corrected chi connectivity index (χ3v) is 5.62. The van der Waals surface area contributed by atoms with Crippen molar-refractivity contribution in [1.29, 1.82) is 0 Å². The fourth-order valence-corrected chi connectivity index (χ4v) is 4.00. The van der Waals surface area contributed by atoms with E-state index in [2.05, 4.69) is 23.2 Å². The van der Waals surface area contributed by atoms with Gasteiger partial charge in [-0.1, -0.05) is 60.7 Å². The minimum atomic E-state index is -0.252. The Morgan fingerprint density at radius 1 is 0.906 bits per heavy atom. The molecule has 0 fully saturated rings. The average molecular weight is 428 g/mol. The summed E-state index contributed by atoms with van der Waals surface area (Å²) in [7, 11) is 0. The summed E-state index contributed by atoms with van der Waals surface area (Å²) in [5.41, 5.74) is 4.59. The zero-order valence-corrected chi connectivity index (χ0v) is 17.6. The van der Waals surface area contributed by atoms with E-state index in [1.165, 1.54) is 10.9 Å². The normalized spacial score (nSPS) is 13.8. The minimum absolute atomic E-state index is 0.252. The SMILES string of the molecule is O=C(OCc1ccccc1)N1CCc2c([nH]c3ccccc23)C1.c1ccc2c(c1)OCO2. The van der Waals surface area contributed by atoms with Crippen molar-refractivity contribution >= 4 is 17.0 Å². The molecule has 0 bridgehead atoms. The van der Waals surface area contributed by atoms with Crippen LogP contribution >= 0.6 is 0 Å². The molecule has 2 aliphatic heterocycles. The molecule has 32 heavy (non-hydrogen) atoms. The van der Waals surface area contributed by atoms with Gasteiger partial charge in [0.15, 0.2) is 11.5 Å². The molecule has 162 valence electrons. The average Bonchev–Trinajstić information content (AvgIpc) is 3.47. The summed E-state index contributed by atoms with van der Waals surface area (Å²) in [4.78, 5) is 17.5. The van der Waals surface area contributed by atoms with Crippen molar-refractivity contribution in [3.8, 4) is 11.5 Å². The number of hydrogen-bond donors (Lipinski definition) is 1. The smallest absolute Gasteiger partial charge is 0.410 e. The first-order valence-electron chi connectivity index (χ1n) is 10.7. The lowest BCUT2D eigenvalue weighted by Crippen LogP contribution is -2.36. The van der Waals surface area contributed by atoms with E-state index in [0.717, 1.165) is 34.7 Å². The highest BCUT2D eigenvalue weighted by molar-refractivity contribution is 5.85. The van der Waals surface area contributed by atoms with Gasteiger partial charge in [-0.2, -0.15) is 0 Å². The molecular weight excluding hydrogens is 404 g/mol. The van der Waals surface area contributed by atoms with Crippen LogP contribution in [0, 0.1) is 0 Å². The fourth-order valence-electron chi connectivity index (χ4n) is 4.00. The molecule has 0 saturated carbocycles. The number of benzene rings is 3. The molecule has 1 amide bonds. The van der Waals surface area contributed by atoms with Crippen LogP contribution < -0.4 is 9.47 Å². The van der Waals surface area contributed by atoms with Gasteiger partial charge < -0.3 is 24.1 Å². The van der Waals surface area contributed by atoms with Crippen molar-refractivity contribution in [1.82, 2.24) is 9.88 Å². The summed E-state index contributed by atoms with van der Waals surface area (Å²) in [6, 6.07) is 25.7. The number of ether oxygens (including phenoxy) is 3. The van der Waals surface area contributed by atoms with Crippen molar-refractivity contribution in [2.45, 2.75) is 19.6 Å². The number of rotatable bonds is 2. The molecule has 0 atom stereocenters. The first-order chi connectivity index (χ1) is 15.8. The Morgan fingerprint density at radius 3 is 2.38 bits per heavy atom. The van der Waals surface area contributed by atoms with Crippen LogP contribution in [-0.4, -0.2) is 29.3 Å². The van der Waals surface area contributed by atoms with Gasteiger partial charge in [0.2, 0.25) is 6.79 Å². The summed E-state index contributed by atoms with van der Waals surface area (Å²) >= 11 is 0. The highest BCUT2D eigenvalue weighted by Gasteiger charge is 2.24. The van der Waals surface area contributed by atoms with Crippen LogP contribution in [0.1, 0.15) is 16.8 Å². The molecule has 0 saturated heterocycles. The molecule has 1 N–H and O–H groups in total. The van der Waals surface area contributed by atoms with Gasteiger partial charge in [-0.05, 0) is 35.7 Å². The van der Waals surface area contributed by atoms with Gasteiger partial charge in [-0.15, -0.1) is 0 Å². The quantitative estimate of drug-likeness (QED) is 0.472. The second-order valence-corrected chi connectivity index (χ2v) is 7.69. The molecule has 6 nitrogen and oxygen atoms in total. The number of nitrogens with one attached hydrogen (secondary N) is 1. The lowest BCUT2D eigenvalue weighted by atomic mass is 10.0. The molecule has 0 aliphatic carbocycles. The highest BCUT2D eigenvalue weighted by Crippen LogP contribution is 2.30. The van der Waals surface area contributed by atoms with Gasteiger partial charge in [0.1, 0.15) is 6.61 Å². The van der Waals surface area contributed by atoms with E-state index < -0.39 is 0 Å². The third-order valence-electron chi connectivity index (χ3n) is 5.62. The maximum atomic E-state index is 12.3. The Hall–Kier alpha value is -3.93. The van der Waals surface area contributed by atoms with E-state index in [9.17, 15) is 4.79 Å². The van der Waals surface area contributed by atoms with Crippen LogP contribution in [0.5, 0.6) is 11.5 Å². The van der Waals surface area contributed by atoms with E-state index in [1.54, 1.807) is 4.90 Å². The van der Waals surface area contributed by atoms with Crippen molar-refractivity contribution in [2.75, 3.05) is 13.3 Å². The largest absolute Gasteiger partial charge is 0.454 e. The van der Waals surface area contributed by atoms with Crippen LogP contribution in [0.15, 0.2) is 78.9 Å². The number of hydrogen-bond acceptors (Lipinski definition) is 4. The van der Waals surface area contributed by atoms with Crippen molar-refractivity contribution in [3.05, 3.63) is 95.7 Å². The number of carbonyl (C=O) groups excluding carboxylic acids is 1. The van der Waals surface area contributed by atoms with Crippen LogP contribution in [0.3, 0.4) is 0 Å². The van der Waals surface area contributed by atoms with Gasteiger partial charge in [0.05, 0.1) is 6.54 Å². The number of carbonyl (C=O) groups is 1. The van der Waals surface area contributed by atoms with Crippen LogP contribution in [0.4, 0.5) is 4.79 Å². The number of nitrogens with zero attached hydrogens (tertiary/aromatic N) is 1. The lowest BCUT2D eigenvalue weighted by Gasteiger charge is -2.26. The second kappa shape index (κ2) is 9.06. The molecule has 3 heterocycles. The summed E-state index contributed by atoms with van der Waals surface area (Å²) in [6.07, 6.45) is 0.609. The molecular formula is C26H24N2O4. The molecule has 0 spiro atoms. The zero-order chi connectivity index (χ0) is 21.8. The van der Waals surface area contributed by atoms with E-state index in [0.29, 0.717) is 26.5 Å². The number of para-hydroxylation sites is 3.